The Morgan fingerprint density at radius 2 is 2.47 bits per heavy atom. The minimum atomic E-state index is -0.512. The van der Waals surface area contributed by atoms with Crippen LogP contribution >= 0.6 is 0 Å². The van der Waals surface area contributed by atoms with Gasteiger partial charge in [-0.2, -0.15) is 0 Å². The van der Waals surface area contributed by atoms with E-state index in [1.54, 1.807) is 0 Å². The minimum absolute atomic E-state index is 0.173. The largest absolute Gasteiger partial charge is 0.447 e. The number of hydrogen-bond acceptors (Lipinski definition) is 5. The summed E-state index contributed by atoms with van der Waals surface area (Å²) < 4.78 is 4.74. The number of ether oxygens (including phenoxy) is 1. The second-order valence-electron chi connectivity index (χ2n) is 4.65. The molecule has 0 aromatic heterocycles. The number of cyclic esters (lactones) is 1. The fraction of sp³-hybridized carbons (Fsp3) is 0.818. The van der Waals surface area contributed by atoms with Gasteiger partial charge in [0.05, 0.1) is 13.1 Å². The van der Waals surface area contributed by atoms with E-state index in [0.29, 0.717) is 19.2 Å². The Kier molecular flexibility index (Phi) is 3.96. The second kappa shape index (κ2) is 5.46. The van der Waals surface area contributed by atoms with E-state index in [0.717, 1.165) is 19.5 Å². The number of nitrogens with one attached hydrogen (secondary N) is 1. The van der Waals surface area contributed by atoms with Crippen molar-refractivity contribution < 1.29 is 14.3 Å². The van der Waals surface area contributed by atoms with Gasteiger partial charge in [0.25, 0.3) is 0 Å². The molecule has 0 saturated carbocycles. The lowest BCUT2D eigenvalue weighted by Crippen LogP contribution is -2.43. The number of carbonyl (C=O) groups excluding carboxylic acids is 2. The van der Waals surface area contributed by atoms with Crippen LogP contribution in [0.25, 0.3) is 0 Å². The van der Waals surface area contributed by atoms with Crippen molar-refractivity contribution in [3.63, 3.8) is 0 Å². The summed E-state index contributed by atoms with van der Waals surface area (Å²) in [4.78, 5) is 26.1. The summed E-state index contributed by atoms with van der Waals surface area (Å²) in [6.07, 6.45) is 1.84. The molecule has 2 aliphatic rings. The number of nitrogens with zero attached hydrogens (tertiary/aromatic N) is 2. The SMILES string of the molecule is CN(CC(=O)N1CCOC1=O)CC1CCCN1. The third kappa shape index (κ3) is 3.17. The maximum Gasteiger partial charge on any atom is 0.416 e. The zero-order chi connectivity index (χ0) is 12.3. The van der Waals surface area contributed by atoms with E-state index in [2.05, 4.69) is 5.32 Å². The fourth-order valence-corrected chi connectivity index (χ4v) is 2.29. The van der Waals surface area contributed by atoms with Crippen LogP contribution in [0.3, 0.4) is 0 Å². The van der Waals surface area contributed by atoms with Crippen molar-refractivity contribution in [2.75, 3.05) is 39.8 Å². The second-order valence-corrected chi connectivity index (χ2v) is 4.65. The normalized spacial score (nSPS) is 24.5. The van der Waals surface area contributed by atoms with Crippen LogP contribution in [0.1, 0.15) is 12.8 Å². The standard InChI is InChI=1S/C11H19N3O3/c1-13(7-9-3-2-4-12-9)8-10(15)14-5-6-17-11(14)16/h9,12H,2-8H2,1H3. The molecule has 2 amide bonds. The van der Waals surface area contributed by atoms with E-state index in [9.17, 15) is 9.59 Å². The Morgan fingerprint density at radius 1 is 1.65 bits per heavy atom. The number of imide groups is 1. The van der Waals surface area contributed by atoms with Gasteiger partial charge < -0.3 is 10.1 Å². The lowest BCUT2D eigenvalue weighted by atomic mass is 10.2. The van der Waals surface area contributed by atoms with Gasteiger partial charge in [0.1, 0.15) is 6.61 Å². The number of amides is 2. The number of likely N-dealkylation sites (N-methyl/N-ethyl adjacent to an activating group) is 1. The van der Waals surface area contributed by atoms with E-state index in [1.807, 2.05) is 11.9 Å². The van der Waals surface area contributed by atoms with Crippen molar-refractivity contribution in [1.82, 2.24) is 15.1 Å². The number of carbonyl (C=O) groups is 2. The molecule has 2 fully saturated rings. The predicted molar refractivity (Wildman–Crippen MR) is 61.6 cm³/mol. The van der Waals surface area contributed by atoms with Crippen LogP contribution < -0.4 is 5.32 Å². The van der Waals surface area contributed by atoms with E-state index in [-0.39, 0.29) is 12.5 Å². The molecular weight excluding hydrogens is 222 g/mol. The number of hydrogen-bond donors (Lipinski definition) is 1. The Balaban J connectivity index is 1.75. The first-order chi connectivity index (χ1) is 8.16. The molecule has 0 radical (unpaired) electrons. The van der Waals surface area contributed by atoms with E-state index in [4.69, 9.17) is 4.74 Å². The van der Waals surface area contributed by atoms with Gasteiger partial charge >= 0.3 is 6.09 Å². The predicted octanol–water partition coefficient (Wildman–Crippen LogP) is -0.351. The molecular formula is C11H19N3O3. The Labute approximate surface area is 101 Å². The molecule has 2 rings (SSSR count). The Hall–Kier alpha value is -1.14. The van der Waals surface area contributed by atoms with Gasteiger partial charge in [-0.25, -0.2) is 9.69 Å². The first kappa shape index (κ1) is 12.3. The summed E-state index contributed by atoms with van der Waals surface area (Å²) in [6.45, 7) is 2.87. The quantitative estimate of drug-likeness (QED) is 0.729. The lowest BCUT2D eigenvalue weighted by Gasteiger charge is -2.21. The highest BCUT2D eigenvalue weighted by atomic mass is 16.6. The maximum atomic E-state index is 11.8. The Morgan fingerprint density at radius 3 is 3.06 bits per heavy atom. The zero-order valence-corrected chi connectivity index (χ0v) is 10.1. The van der Waals surface area contributed by atoms with Crippen LogP contribution in [0.2, 0.25) is 0 Å². The van der Waals surface area contributed by atoms with Crippen molar-refractivity contribution in [2.45, 2.75) is 18.9 Å². The van der Waals surface area contributed by atoms with Gasteiger partial charge in [-0.3, -0.25) is 9.69 Å². The first-order valence-electron chi connectivity index (χ1n) is 6.06. The average Bonchev–Trinajstić information content (AvgIpc) is 2.88. The molecule has 0 aliphatic carbocycles. The highest BCUT2D eigenvalue weighted by Gasteiger charge is 2.29. The molecule has 0 spiro atoms. The van der Waals surface area contributed by atoms with Gasteiger partial charge in [-0.15, -0.1) is 0 Å². The number of rotatable bonds is 4. The van der Waals surface area contributed by atoms with Crippen molar-refractivity contribution in [2.24, 2.45) is 0 Å². The van der Waals surface area contributed by atoms with Crippen LogP contribution in [0.5, 0.6) is 0 Å². The molecule has 0 aromatic carbocycles. The summed E-state index contributed by atoms with van der Waals surface area (Å²) in [5.41, 5.74) is 0. The molecule has 1 unspecified atom stereocenters. The smallest absolute Gasteiger partial charge is 0.416 e. The van der Waals surface area contributed by atoms with Crippen molar-refractivity contribution in [3.8, 4) is 0 Å². The highest BCUT2D eigenvalue weighted by molar-refractivity contribution is 5.93. The van der Waals surface area contributed by atoms with Gasteiger partial charge in [0.2, 0.25) is 5.91 Å². The lowest BCUT2D eigenvalue weighted by molar-refractivity contribution is -0.128. The van der Waals surface area contributed by atoms with Crippen LogP contribution in [0.15, 0.2) is 0 Å². The van der Waals surface area contributed by atoms with Gasteiger partial charge in [0, 0.05) is 12.6 Å². The van der Waals surface area contributed by atoms with Crippen LogP contribution in [0.4, 0.5) is 4.79 Å². The summed E-state index contributed by atoms with van der Waals surface area (Å²) in [5.74, 6) is -0.173. The molecule has 2 heterocycles. The first-order valence-corrected chi connectivity index (χ1v) is 6.06. The van der Waals surface area contributed by atoms with Crippen molar-refractivity contribution >= 4 is 12.0 Å². The molecule has 17 heavy (non-hydrogen) atoms. The topological polar surface area (TPSA) is 61.9 Å². The maximum absolute atomic E-state index is 11.8. The van der Waals surface area contributed by atoms with Crippen LogP contribution in [-0.2, 0) is 9.53 Å². The summed E-state index contributed by atoms with van der Waals surface area (Å²) in [6, 6.07) is 0.471. The van der Waals surface area contributed by atoms with Gasteiger partial charge in [-0.05, 0) is 26.4 Å². The van der Waals surface area contributed by atoms with Crippen molar-refractivity contribution in [1.29, 1.82) is 0 Å². The molecule has 96 valence electrons. The van der Waals surface area contributed by atoms with Gasteiger partial charge in [-0.1, -0.05) is 0 Å². The van der Waals surface area contributed by atoms with Gasteiger partial charge in [0.15, 0.2) is 0 Å². The van der Waals surface area contributed by atoms with E-state index >= 15 is 0 Å². The third-order valence-corrected chi connectivity index (χ3v) is 3.16. The van der Waals surface area contributed by atoms with E-state index < -0.39 is 6.09 Å². The van der Waals surface area contributed by atoms with Crippen molar-refractivity contribution in [3.05, 3.63) is 0 Å². The third-order valence-electron chi connectivity index (χ3n) is 3.16. The zero-order valence-electron chi connectivity index (χ0n) is 10.1. The highest BCUT2D eigenvalue weighted by Crippen LogP contribution is 2.07. The minimum Gasteiger partial charge on any atom is -0.447 e. The average molecular weight is 241 g/mol. The van der Waals surface area contributed by atoms with Crippen LogP contribution in [0, 0.1) is 0 Å². The summed E-state index contributed by atoms with van der Waals surface area (Å²) >= 11 is 0. The summed E-state index contributed by atoms with van der Waals surface area (Å²) in [5, 5.41) is 3.38. The molecule has 1 atom stereocenters. The van der Waals surface area contributed by atoms with E-state index in [1.165, 1.54) is 11.3 Å². The molecule has 6 heteroatoms. The molecule has 2 saturated heterocycles. The molecule has 6 nitrogen and oxygen atoms in total. The Bertz CT molecular complexity index is 302. The molecule has 1 N–H and O–H groups in total. The fourth-order valence-electron chi connectivity index (χ4n) is 2.29. The molecule has 2 aliphatic heterocycles. The van der Waals surface area contributed by atoms with Crippen LogP contribution in [-0.4, -0.2) is 67.7 Å². The summed E-state index contributed by atoms with van der Waals surface area (Å²) in [7, 11) is 1.90. The monoisotopic (exact) mass is 241 g/mol. The molecule has 0 aromatic rings. The molecule has 0 bridgehead atoms.